The molecule has 3 rings (SSSR count). The Morgan fingerprint density at radius 2 is 1.86 bits per heavy atom. The van der Waals surface area contributed by atoms with Crippen LogP contribution in [0.4, 0.5) is 11.4 Å². The third kappa shape index (κ3) is 2.98. The van der Waals surface area contributed by atoms with Crippen molar-refractivity contribution in [2.45, 2.75) is 27.2 Å². The number of nitrogens with zero attached hydrogens (tertiary/aromatic N) is 3. The summed E-state index contributed by atoms with van der Waals surface area (Å²) in [6.07, 6.45) is 1.18. The highest BCUT2D eigenvalue weighted by Gasteiger charge is 2.35. The largest absolute Gasteiger partial charge is 0.378 e. The lowest BCUT2D eigenvalue weighted by Crippen LogP contribution is -2.36. The van der Waals surface area contributed by atoms with E-state index in [0.717, 1.165) is 45.1 Å². The highest BCUT2D eigenvalue weighted by Crippen LogP contribution is 2.36. The lowest BCUT2D eigenvalue weighted by atomic mass is 9.91. The van der Waals surface area contributed by atoms with Crippen molar-refractivity contribution in [3.8, 4) is 0 Å². The predicted molar refractivity (Wildman–Crippen MR) is 92.2 cm³/mol. The van der Waals surface area contributed by atoms with Gasteiger partial charge < -0.3 is 14.5 Å². The van der Waals surface area contributed by atoms with Gasteiger partial charge in [0.1, 0.15) is 5.84 Å². The fourth-order valence-corrected chi connectivity index (χ4v) is 3.33. The van der Waals surface area contributed by atoms with E-state index in [9.17, 15) is 0 Å². The molecule has 0 saturated carbocycles. The minimum Gasteiger partial charge on any atom is -0.378 e. The van der Waals surface area contributed by atoms with Crippen LogP contribution in [0, 0.1) is 5.41 Å². The number of likely N-dealkylation sites (tertiary alicyclic amines) is 1. The van der Waals surface area contributed by atoms with E-state index >= 15 is 0 Å². The first-order chi connectivity index (χ1) is 10.6. The molecule has 2 saturated heterocycles. The summed E-state index contributed by atoms with van der Waals surface area (Å²) >= 11 is 0. The third-order valence-corrected chi connectivity index (χ3v) is 4.75. The van der Waals surface area contributed by atoms with Crippen LogP contribution in [-0.4, -0.2) is 50.1 Å². The van der Waals surface area contributed by atoms with Gasteiger partial charge in [0.25, 0.3) is 0 Å². The molecule has 0 spiro atoms. The standard InChI is InChI=1S/C18H27N3O/c1-4-20-10-9-18(2,3)17(20)19-15-7-5-6-8-16(15)21-11-13-22-14-12-21/h5-8H,4,9-14H2,1-3H3. The van der Waals surface area contributed by atoms with Gasteiger partial charge in [0.15, 0.2) is 0 Å². The number of morpholine rings is 1. The van der Waals surface area contributed by atoms with Crippen LogP contribution in [-0.2, 0) is 4.74 Å². The molecule has 1 aromatic carbocycles. The monoisotopic (exact) mass is 301 g/mol. The van der Waals surface area contributed by atoms with Crippen LogP contribution in [0.15, 0.2) is 29.3 Å². The minimum atomic E-state index is 0.161. The summed E-state index contributed by atoms with van der Waals surface area (Å²) in [5, 5.41) is 0. The van der Waals surface area contributed by atoms with Crippen LogP contribution in [0.1, 0.15) is 27.2 Å². The van der Waals surface area contributed by atoms with E-state index in [1.807, 2.05) is 0 Å². The molecule has 2 aliphatic heterocycles. The maximum atomic E-state index is 5.48. The number of aliphatic imine (C=N–C) groups is 1. The molecule has 0 bridgehead atoms. The summed E-state index contributed by atoms with van der Waals surface area (Å²) in [5.41, 5.74) is 2.48. The molecule has 0 radical (unpaired) electrons. The quantitative estimate of drug-likeness (QED) is 0.857. The van der Waals surface area contributed by atoms with Crippen LogP contribution < -0.4 is 4.90 Å². The van der Waals surface area contributed by atoms with E-state index in [4.69, 9.17) is 9.73 Å². The molecule has 0 unspecified atom stereocenters. The second kappa shape index (κ2) is 6.29. The Bertz CT molecular complexity index is 547. The van der Waals surface area contributed by atoms with E-state index < -0.39 is 0 Å². The summed E-state index contributed by atoms with van der Waals surface area (Å²) < 4.78 is 5.48. The van der Waals surface area contributed by atoms with Crippen molar-refractivity contribution in [2.24, 2.45) is 10.4 Å². The fourth-order valence-electron chi connectivity index (χ4n) is 3.33. The predicted octanol–water partition coefficient (Wildman–Crippen LogP) is 3.31. The highest BCUT2D eigenvalue weighted by molar-refractivity contribution is 5.92. The molecule has 2 heterocycles. The van der Waals surface area contributed by atoms with Crippen LogP contribution >= 0.6 is 0 Å². The molecule has 0 aliphatic carbocycles. The average Bonchev–Trinajstić information content (AvgIpc) is 2.83. The Labute approximate surface area is 133 Å². The van der Waals surface area contributed by atoms with Gasteiger partial charge in [-0.1, -0.05) is 26.0 Å². The van der Waals surface area contributed by atoms with Crippen molar-refractivity contribution in [1.29, 1.82) is 0 Å². The first kappa shape index (κ1) is 15.3. The van der Waals surface area contributed by atoms with Gasteiger partial charge in [-0.25, -0.2) is 4.99 Å². The van der Waals surface area contributed by atoms with E-state index in [2.05, 4.69) is 54.8 Å². The second-order valence-corrected chi connectivity index (χ2v) is 6.74. The molecule has 0 N–H and O–H groups in total. The van der Waals surface area contributed by atoms with Gasteiger partial charge in [0.2, 0.25) is 0 Å². The molecular weight excluding hydrogens is 274 g/mol. The van der Waals surface area contributed by atoms with Crippen LogP contribution in [0.3, 0.4) is 0 Å². The summed E-state index contributed by atoms with van der Waals surface area (Å²) in [4.78, 5) is 9.90. The van der Waals surface area contributed by atoms with E-state index in [-0.39, 0.29) is 5.41 Å². The molecule has 0 amide bonds. The van der Waals surface area contributed by atoms with Crippen molar-refractivity contribution in [2.75, 3.05) is 44.3 Å². The maximum Gasteiger partial charge on any atom is 0.111 e. The van der Waals surface area contributed by atoms with Crippen molar-refractivity contribution < 1.29 is 4.74 Å². The zero-order chi connectivity index (χ0) is 15.6. The van der Waals surface area contributed by atoms with Crippen molar-refractivity contribution in [3.05, 3.63) is 24.3 Å². The van der Waals surface area contributed by atoms with Gasteiger partial charge in [-0.05, 0) is 25.5 Å². The number of ether oxygens (including phenoxy) is 1. The molecule has 1 aromatic rings. The van der Waals surface area contributed by atoms with Gasteiger partial charge in [-0.3, -0.25) is 0 Å². The van der Waals surface area contributed by atoms with E-state index in [0.29, 0.717) is 0 Å². The normalized spacial score (nSPS) is 23.3. The van der Waals surface area contributed by atoms with Crippen molar-refractivity contribution in [1.82, 2.24) is 4.90 Å². The Morgan fingerprint density at radius 1 is 1.14 bits per heavy atom. The summed E-state index contributed by atoms with van der Waals surface area (Å²) in [7, 11) is 0. The summed E-state index contributed by atoms with van der Waals surface area (Å²) in [5.74, 6) is 1.23. The summed E-state index contributed by atoms with van der Waals surface area (Å²) in [6, 6.07) is 8.51. The Hall–Kier alpha value is -1.55. The Balaban J connectivity index is 1.96. The topological polar surface area (TPSA) is 28.1 Å². The zero-order valence-electron chi connectivity index (χ0n) is 14.0. The smallest absolute Gasteiger partial charge is 0.111 e. The molecule has 2 fully saturated rings. The number of anilines is 1. The molecule has 0 atom stereocenters. The number of hydrogen-bond donors (Lipinski definition) is 0. The Kier molecular flexibility index (Phi) is 4.39. The maximum absolute atomic E-state index is 5.48. The van der Waals surface area contributed by atoms with Crippen molar-refractivity contribution >= 4 is 17.2 Å². The first-order valence-corrected chi connectivity index (χ1v) is 8.37. The molecule has 4 heteroatoms. The first-order valence-electron chi connectivity index (χ1n) is 8.37. The minimum absolute atomic E-state index is 0.161. The number of amidine groups is 1. The van der Waals surface area contributed by atoms with Crippen LogP contribution in [0.25, 0.3) is 0 Å². The number of para-hydroxylation sites is 2. The molecule has 120 valence electrons. The van der Waals surface area contributed by atoms with E-state index in [1.165, 1.54) is 17.9 Å². The lowest BCUT2D eigenvalue weighted by Gasteiger charge is -2.30. The molecule has 0 aromatic heterocycles. The van der Waals surface area contributed by atoms with Gasteiger partial charge >= 0.3 is 0 Å². The van der Waals surface area contributed by atoms with E-state index in [1.54, 1.807) is 0 Å². The molecule has 2 aliphatic rings. The molecule has 22 heavy (non-hydrogen) atoms. The van der Waals surface area contributed by atoms with Gasteiger partial charge in [0.05, 0.1) is 24.6 Å². The molecular formula is C18H27N3O. The highest BCUT2D eigenvalue weighted by atomic mass is 16.5. The number of benzene rings is 1. The average molecular weight is 301 g/mol. The SMILES string of the molecule is CCN1CCC(C)(C)C1=Nc1ccccc1N1CCOCC1. The zero-order valence-corrected chi connectivity index (χ0v) is 14.0. The van der Waals surface area contributed by atoms with Gasteiger partial charge in [-0.2, -0.15) is 0 Å². The third-order valence-electron chi connectivity index (χ3n) is 4.75. The number of hydrogen-bond acceptors (Lipinski definition) is 3. The second-order valence-electron chi connectivity index (χ2n) is 6.74. The van der Waals surface area contributed by atoms with Crippen molar-refractivity contribution in [3.63, 3.8) is 0 Å². The van der Waals surface area contributed by atoms with Crippen LogP contribution in [0.5, 0.6) is 0 Å². The van der Waals surface area contributed by atoms with Gasteiger partial charge in [0, 0.05) is 31.6 Å². The fraction of sp³-hybridized carbons (Fsp3) is 0.611. The molecule has 4 nitrogen and oxygen atoms in total. The lowest BCUT2D eigenvalue weighted by molar-refractivity contribution is 0.123. The summed E-state index contributed by atoms with van der Waals surface area (Å²) in [6.45, 7) is 12.5. The number of rotatable bonds is 3. The Morgan fingerprint density at radius 3 is 2.59 bits per heavy atom. The van der Waals surface area contributed by atoms with Crippen LogP contribution in [0.2, 0.25) is 0 Å². The van der Waals surface area contributed by atoms with Gasteiger partial charge in [-0.15, -0.1) is 0 Å².